The third-order valence-electron chi connectivity index (χ3n) is 3.73. The van der Waals surface area contributed by atoms with Crippen LogP contribution in [0.1, 0.15) is 43.9 Å². The smallest absolute Gasteiger partial charge is 0.223 e. The molecule has 1 aliphatic rings. The molecule has 2 atom stereocenters. The lowest BCUT2D eigenvalue weighted by Gasteiger charge is -2.35. The molecular formula is C15H23ClN2O. The Kier molecular flexibility index (Phi) is 5.83. The van der Waals surface area contributed by atoms with Gasteiger partial charge in [0.2, 0.25) is 5.91 Å². The molecule has 0 radical (unpaired) electrons. The van der Waals surface area contributed by atoms with Gasteiger partial charge in [-0.3, -0.25) is 4.79 Å². The van der Waals surface area contributed by atoms with Gasteiger partial charge in [0.05, 0.1) is 6.04 Å². The molecule has 1 aromatic carbocycles. The maximum absolute atomic E-state index is 12.2. The summed E-state index contributed by atoms with van der Waals surface area (Å²) in [6.45, 7) is 4.89. The molecule has 2 N–H and O–H groups in total. The molecule has 1 amide bonds. The molecule has 1 heterocycles. The molecule has 2 unspecified atom stereocenters. The second-order valence-electron chi connectivity index (χ2n) is 5.23. The molecule has 106 valence electrons. The summed E-state index contributed by atoms with van der Waals surface area (Å²) in [6, 6.07) is 8.70. The number of benzene rings is 1. The molecule has 2 rings (SSSR count). The van der Waals surface area contributed by atoms with Crippen LogP contribution < -0.4 is 5.73 Å². The Hall–Kier alpha value is -1.06. The van der Waals surface area contributed by atoms with Crippen LogP contribution in [0, 0.1) is 0 Å². The topological polar surface area (TPSA) is 46.3 Å². The van der Waals surface area contributed by atoms with Crippen LogP contribution in [0.25, 0.3) is 0 Å². The number of nitrogens with two attached hydrogens (primary N) is 1. The Morgan fingerprint density at radius 1 is 1.47 bits per heavy atom. The molecule has 3 nitrogen and oxygen atoms in total. The highest BCUT2D eigenvalue weighted by Gasteiger charge is 2.26. The minimum Gasteiger partial charge on any atom is -0.336 e. The van der Waals surface area contributed by atoms with E-state index in [0.29, 0.717) is 6.42 Å². The van der Waals surface area contributed by atoms with Crippen molar-refractivity contribution in [3.63, 3.8) is 0 Å². The largest absolute Gasteiger partial charge is 0.336 e. The maximum Gasteiger partial charge on any atom is 0.223 e. The lowest BCUT2D eigenvalue weighted by atomic mass is 9.93. The van der Waals surface area contributed by atoms with Crippen molar-refractivity contribution in [2.24, 2.45) is 5.73 Å². The van der Waals surface area contributed by atoms with Crippen LogP contribution in [-0.2, 0) is 11.2 Å². The highest BCUT2D eigenvalue weighted by Crippen LogP contribution is 2.29. The summed E-state index contributed by atoms with van der Waals surface area (Å²) in [7, 11) is 0. The van der Waals surface area contributed by atoms with Crippen molar-refractivity contribution in [1.29, 1.82) is 0 Å². The first kappa shape index (κ1) is 16.0. The van der Waals surface area contributed by atoms with Gasteiger partial charge in [-0.25, -0.2) is 0 Å². The van der Waals surface area contributed by atoms with Crippen molar-refractivity contribution in [3.8, 4) is 0 Å². The van der Waals surface area contributed by atoms with Gasteiger partial charge < -0.3 is 10.6 Å². The molecule has 0 bridgehead atoms. The monoisotopic (exact) mass is 282 g/mol. The predicted molar refractivity (Wildman–Crippen MR) is 80.4 cm³/mol. The lowest BCUT2D eigenvalue weighted by Crippen LogP contribution is -2.39. The average molecular weight is 283 g/mol. The number of carbonyl (C=O) groups is 1. The van der Waals surface area contributed by atoms with Crippen LogP contribution in [0.15, 0.2) is 24.3 Å². The summed E-state index contributed by atoms with van der Waals surface area (Å²) in [5, 5.41) is 0. The minimum atomic E-state index is 0. The van der Waals surface area contributed by atoms with Gasteiger partial charge in [-0.15, -0.1) is 12.4 Å². The normalized spacial score (nSPS) is 19.3. The van der Waals surface area contributed by atoms with Crippen LogP contribution in [0.4, 0.5) is 0 Å². The third-order valence-corrected chi connectivity index (χ3v) is 3.73. The molecule has 0 fully saturated rings. The second kappa shape index (κ2) is 6.92. The zero-order valence-corrected chi connectivity index (χ0v) is 12.5. The van der Waals surface area contributed by atoms with Crippen LogP contribution in [0.2, 0.25) is 0 Å². The molecular weight excluding hydrogens is 260 g/mol. The standard InChI is InChI=1S/C15H22N2O.ClH/c1-11(16)7-8-15(18)17-10-9-13-5-3-4-6-14(13)12(17)2;/h3-6,11-12H,7-10,16H2,1-2H3;1H. The van der Waals surface area contributed by atoms with Crippen molar-refractivity contribution < 1.29 is 4.79 Å². The average Bonchev–Trinajstić information content (AvgIpc) is 2.37. The fraction of sp³-hybridized carbons (Fsp3) is 0.533. The Morgan fingerprint density at radius 3 is 2.84 bits per heavy atom. The molecule has 0 aliphatic carbocycles. The fourth-order valence-corrected chi connectivity index (χ4v) is 2.61. The van der Waals surface area contributed by atoms with E-state index in [4.69, 9.17) is 5.73 Å². The SMILES string of the molecule is CC(N)CCC(=O)N1CCc2ccccc2C1C.Cl. The maximum atomic E-state index is 12.2. The zero-order valence-electron chi connectivity index (χ0n) is 11.6. The third kappa shape index (κ3) is 3.71. The van der Waals surface area contributed by atoms with E-state index in [0.717, 1.165) is 19.4 Å². The number of carbonyl (C=O) groups excluding carboxylic acids is 1. The molecule has 19 heavy (non-hydrogen) atoms. The first-order valence-corrected chi connectivity index (χ1v) is 6.72. The van der Waals surface area contributed by atoms with E-state index in [2.05, 4.69) is 25.1 Å². The molecule has 0 saturated heterocycles. The summed E-state index contributed by atoms with van der Waals surface area (Å²) < 4.78 is 0. The van der Waals surface area contributed by atoms with E-state index in [1.54, 1.807) is 0 Å². The molecule has 1 aromatic rings. The van der Waals surface area contributed by atoms with Crippen LogP contribution in [0.5, 0.6) is 0 Å². The van der Waals surface area contributed by atoms with Crippen molar-refractivity contribution >= 4 is 18.3 Å². The lowest BCUT2D eigenvalue weighted by molar-refractivity contribution is -0.133. The number of nitrogens with zero attached hydrogens (tertiary/aromatic N) is 1. The van der Waals surface area contributed by atoms with Gasteiger partial charge in [-0.2, -0.15) is 0 Å². The molecule has 0 saturated carbocycles. The van der Waals surface area contributed by atoms with Gasteiger partial charge in [0.15, 0.2) is 0 Å². The highest BCUT2D eigenvalue weighted by molar-refractivity contribution is 5.85. The summed E-state index contributed by atoms with van der Waals surface area (Å²) in [4.78, 5) is 14.2. The predicted octanol–water partition coefficient (Wildman–Crippen LogP) is 2.68. The van der Waals surface area contributed by atoms with Crippen molar-refractivity contribution in [2.45, 2.75) is 45.2 Å². The number of hydrogen-bond donors (Lipinski definition) is 1. The fourth-order valence-electron chi connectivity index (χ4n) is 2.61. The van der Waals surface area contributed by atoms with Crippen molar-refractivity contribution in [3.05, 3.63) is 35.4 Å². The number of rotatable bonds is 3. The zero-order chi connectivity index (χ0) is 13.1. The highest BCUT2D eigenvalue weighted by atomic mass is 35.5. The summed E-state index contributed by atoms with van der Waals surface area (Å²) in [6.07, 6.45) is 2.29. The Labute approximate surface area is 121 Å². The number of fused-ring (bicyclic) bond motifs is 1. The molecule has 1 aliphatic heterocycles. The van der Waals surface area contributed by atoms with Crippen molar-refractivity contribution in [2.75, 3.05) is 6.54 Å². The summed E-state index contributed by atoms with van der Waals surface area (Å²) in [5.41, 5.74) is 8.38. The summed E-state index contributed by atoms with van der Waals surface area (Å²) >= 11 is 0. The van der Waals surface area contributed by atoms with E-state index >= 15 is 0 Å². The Bertz CT molecular complexity index is 434. The molecule has 0 spiro atoms. The Morgan fingerprint density at radius 2 is 2.16 bits per heavy atom. The molecule has 4 heteroatoms. The van der Waals surface area contributed by atoms with Crippen LogP contribution in [0.3, 0.4) is 0 Å². The number of halogens is 1. The van der Waals surface area contributed by atoms with Gasteiger partial charge in [-0.1, -0.05) is 24.3 Å². The molecule has 0 aromatic heterocycles. The summed E-state index contributed by atoms with van der Waals surface area (Å²) in [5.74, 6) is 0.231. The number of hydrogen-bond acceptors (Lipinski definition) is 2. The van der Waals surface area contributed by atoms with E-state index in [-0.39, 0.29) is 30.4 Å². The van der Waals surface area contributed by atoms with Crippen LogP contribution in [-0.4, -0.2) is 23.4 Å². The number of amides is 1. The Balaban J connectivity index is 0.00000180. The van der Waals surface area contributed by atoms with Crippen molar-refractivity contribution in [1.82, 2.24) is 4.90 Å². The van der Waals surface area contributed by atoms with E-state index < -0.39 is 0 Å². The first-order chi connectivity index (χ1) is 8.59. The second-order valence-corrected chi connectivity index (χ2v) is 5.23. The van der Waals surface area contributed by atoms with Gasteiger partial charge >= 0.3 is 0 Å². The first-order valence-electron chi connectivity index (χ1n) is 6.72. The van der Waals surface area contributed by atoms with Gasteiger partial charge in [0.25, 0.3) is 0 Å². The van der Waals surface area contributed by atoms with E-state index in [1.165, 1.54) is 11.1 Å². The quantitative estimate of drug-likeness (QED) is 0.926. The van der Waals surface area contributed by atoms with Gasteiger partial charge in [0, 0.05) is 19.0 Å². The van der Waals surface area contributed by atoms with Gasteiger partial charge in [-0.05, 0) is 37.8 Å². The van der Waals surface area contributed by atoms with E-state index in [1.807, 2.05) is 17.9 Å². The van der Waals surface area contributed by atoms with Gasteiger partial charge in [0.1, 0.15) is 0 Å². The van der Waals surface area contributed by atoms with Crippen LogP contribution >= 0.6 is 12.4 Å². The van der Waals surface area contributed by atoms with E-state index in [9.17, 15) is 4.79 Å². The minimum absolute atomic E-state index is 0.